The SMILES string of the molecule is C=CCCCCCCCC[Si](Cl)(Cl)CCC=C. The fraction of sp³-hybridized carbons (Fsp3) is 0.714. The molecule has 100 valence electrons. The van der Waals surface area contributed by atoms with E-state index in [1.165, 1.54) is 38.5 Å². The van der Waals surface area contributed by atoms with Crippen molar-refractivity contribution in [2.75, 3.05) is 0 Å². The molecule has 0 amide bonds. The summed E-state index contributed by atoms with van der Waals surface area (Å²) in [4.78, 5) is 0. The molecule has 0 saturated carbocycles. The Balaban J connectivity index is 3.31. The van der Waals surface area contributed by atoms with Crippen molar-refractivity contribution in [3.63, 3.8) is 0 Å². The number of allylic oxidation sites excluding steroid dienone is 2. The van der Waals surface area contributed by atoms with E-state index in [1.54, 1.807) is 0 Å². The van der Waals surface area contributed by atoms with Gasteiger partial charge in [-0.05, 0) is 31.4 Å². The molecule has 0 bridgehead atoms. The lowest BCUT2D eigenvalue weighted by Crippen LogP contribution is -2.17. The Morgan fingerprint density at radius 2 is 1.24 bits per heavy atom. The maximum atomic E-state index is 6.34. The highest BCUT2D eigenvalue weighted by Gasteiger charge is 2.26. The molecule has 0 atom stereocenters. The van der Waals surface area contributed by atoms with E-state index in [0.29, 0.717) is 0 Å². The topological polar surface area (TPSA) is 0 Å². The first-order valence-corrected chi connectivity index (χ1v) is 11.2. The Labute approximate surface area is 118 Å². The van der Waals surface area contributed by atoms with E-state index < -0.39 is 6.69 Å². The number of halogens is 2. The molecule has 0 aliphatic rings. The molecule has 0 radical (unpaired) electrons. The van der Waals surface area contributed by atoms with Gasteiger partial charge >= 0.3 is 0 Å². The van der Waals surface area contributed by atoms with Gasteiger partial charge in [-0.1, -0.05) is 44.3 Å². The maximum absolute atomic E-state index is 6.34. The Morgan fingerprint density at radius 3 is 1.82 bits per heavy atom. The minimum atomic E-state index is -1.95. The normalized spacial score (nSPS) is 11.4. The van der Waals surface area contributed by atoms with Gasteiger partial charge in [0.15, 0.2) is 0 Å². The van der Waals surface area contributed by atoms with Gasteiger partial charge < -0.3 is 0 Å². The quantitative estimate of drug-likeness (QED) is 0.169. The maximum Gasteiger partial charge on any atom is 0.251 e. The van der Waals surface area contributed by atoms with Gasteiger partial charge in [-0.3, -0.25) is 0 Å². The van der Waals surface area contributed by atoms with Crippen LogP contribution in [0.2, 0.25) is 12.1 Å². The standard InChI is InChI=1S/C14H26Cl2Si/c1-3-5-7-8-9-10-11-12-14-17(15,16)13-6-4-2/h3-4H,1-2,5-14H2. The summed E-state index contributed by atoms with van der Waals surface area (Å²) in [6.45, 7) is 5.49. The Hall–Kier alpha value is 0.277. The van der Waals surface area contributed by atoms with Crippen molar-refractivity contribution in [3.8, 4) is 0 Å². The van der Waals surface area contributed by atoms with E-state index in [-0.39, 0.29) is 0 Å². The summed E-state index contributed by atoms with van der Waals surface area (Å²) >= 11 is 12.7. The molecule has 0 saturated heterocycles. The molecule has 0 aromatic heterocycles. The first-order chi connectivity index (χ1) is 8.12. The van der Waals surface area contributed by atoms with E-state index in [2.05, 4.69) is 13.2 Å². The van der Waals surface area contributed by atoms with Crippen molar-refractivity contribution in [3.05, 3.63) is 25.3 Å². The summed E-state index contributed by atoms with van der Waals surface area (Å²) in [7, 11) is 0. The second kappa shape index (κ2) is 11.4. The van der Waals surface area contributed by atoms with Crippen LogP contribution >= 0.6 is 22.2 Å². The summed E-state index contributed by atoms with van der Waals surface area (Å²) < 4.78 is 0. The minimum Gasteiger partial charge on any atom is -0.146 e. The number of hydrogen-bond acceptors (Lipinski definition) is 0. The molecular weight excluding hydrogens is 267 g/mol. The van der Waals surface area contributed by atoms with Gasteiger partial charge in [0.25, 0.3) is 6.69 Å². The summed E-state index contributed by atoms with van der Waals surface area (Å²) in [6.07, 6.45) is 13.7. The first-order valence-electron chi connectivity index (χ1n) is 6.72. The highest BCUT2D eigenvalue weighted by molar-refractivity contribution is 7.45. The molecule has 0 spiro atoms. The van der Waals surface area contributed by atoms with Crippen molar-refractivity contribution in [1.29, 1.82) is 0 Å². The van der Waals surface area contributed by atoms with Gasteiger partial charge in [0.2, 0.25) is 0 Å². The van der Waals surface area contributed by atoms with Crippen LogP contribution in [0, 0.1) is 0 Å². The monoisotopic (exact) mass is 292 g/mol. The highest BCUT2D eigenvalue weighted by Crippen LogP contribution is 2.29. The van der Waals surface area contributed by atoms with Crippen molar-refractivity contribution in [2.24, 2.45) is 0 Å². The smallest absolute Gasteiger partial charge is 0.146 e. The van der Waals surface area contributed by atoms with Gasteiger partial charge in [0.1, 0.15) is 0 Å². The molecule has 0 aliphatic carbocycles. The van der Waals surface area contributed by atoms with Gasteiger partial charge in [0, 0.05) is 0 Å². The first kappa shape index (κ1) is 17.3. The molecule has 0 unspecified atom stereocenters. The van der Waals surface area contributed by atoms with E-state index >= 15 is 0 Å². The largest absolute Gasteiger partial charge is 0.251 e. The van der Waals surface area contributed by atoms with Gasteiger partial charge in [0.05, 0.1) is 0 Å². The minimum absolute atomic E-state index is 0.957. The molecule has 3 heteroatoms. The van der Waals surface area contributed by atoms with Crippen LogP contribution in [0.3, 0.4) is 0 Å². The highest BCUT2D eigenvalue weighted by atomic mass is 35.7. The summed E-state index contributed by atoms with van der Waals surface area (Å²) in [6, 6.07) is 2.00. The fourth-order valence-electron chi connectivity index (χ4n) is 1.82. The average Bonchev–Trinajstić information content (AvgIpc) is 2.30. The van der Waals surface area contributed by atoms with Crippen LogP contribution in [0.15, 0.2) is 25.3 Å². The van der Waals surface area contributed by atoms with Gasteiger partial charge in [-0.25, -0.2) is 0 Å². The van der Waals surface area contributed by atoms with Crippen LogP contribution in [-0.2, 0) is 0 Å². The van der Waals surface area contributed by atoms with Gasteiger partial charge in [-0.15, -0.1) is 35.3 Å². The Bertz CT molecular complexity index is 202. The van der Waals surface area contributed by atoms with Crippen LogP contribution in [0.25, 0.3) is 0 Å². The molecule has 0 nitrogen and oxygen atoms in total. The molecule has 0 rings (SSSR count). The van der Waals surface area contributed by atoms with Crippen molar-refractivity contribution < 1.29 is 0 Å². The molecule has 0 aromatic rings. The molecule has 0 N–H and O–H groups in total. The number of rotatable bonds is 12. The van der Waals surface area contributed by atoms with E-state index in [9.17, 15) is 0 Å². The summed E-state index contributed by atoms with van der Waals surface area (Å²) in [5.41, 5.74) is 0. The van der Waals surface area contributed by atoms with E-state index in [1.807, 2.05) is 12.2 Å². The number of hydrogen-bond donors (Lipinski definition) is 0. The second-order valence-electron chi connectivity index (χ2n) is 4.63. The predicted octanol–water partition coefficient (Wildman–Crippen LogP) is 6.40. The predicted molar refractivity (Wildman–Crippen MR) is 84.4 cm³/mol. The summed E-state index contributed by atoms with van der Waals surface area (Å²) in [5.74, 6) is 0. The van der Waals surface area contributed by atoms with Gasteiger partial charge in [-0.2, -0.15) is 0 Å². The lowest BCUT2D eigenvalue weighted by Gasteiger charge is -2.15. The van der Waals surface area contributed by atoms with E-state index in [4.69, 9.17) is 22.2 Å². The summed E-state index contributed by atoms with van der Waals surface area (Å²) in [5, 5.41) is 0. The van der Waals surface area contributed by atoms with Crippen molar-refractivity contribution >= 4 is 28.9 Å². The van der Waals surface area contributed by atoms with E-state index in [0.717, 1.165) is 24.9 Å². The zero-order chi connectivity index (χ0) is 13.0. The van der Waals surface area contributed by atoms with Crippen LogP contribution in [0.1, 0.15) is 51.4 Å². The van der Waals surface area contributed by atoms with Crippen LogP contribution in [0.5, 0.6) is 0 Å². The van der Waals surface area contributed by atoms with Crippen LogP contribution in [-0.4, -0.2) is 6.69 Å². The molecule has 0 heterocycles. The lowest BCUT2D eigenvalue weighted by molar-refractivity contribution is 0.610. The Kier molecular flexibility index (Phi) is 11.6. The molecule has 0 fully saturated rings. The third kappa shape index (κ3) is 12.5. The second-order valence-corrected chi connectivity index (χ2v) is 12.3. The zero-order valence-electron chi connectivity index (χ0n) is 10.9. The lowest BCUT2D eigenvalue weighted by atomic mass is 10.1. The van der Waals surface area contributed by atoms with Crippen molar-refractivity contribution in [2.45, 2.75) is 63.5 Å². The van der Waals surface area contributed by atoms with Crippen LogP contribution < -0.4 is 0 Å². The third-order valence-corrected chi connectivity index (χ3v) is 7.29. The Morgan fingerprint density at radius 1 is 0.706 bits per heavy atom. The molecule has 17 heavy (non-hydrogen) atoms. The third-order valence-electron chi connectivity index (χ3n) is 2.92. The van der Waals surface area contributed by atoms with Crippen molar-refractivity contribution in [1.82, 2.24) is 0 Å². The van der Waals surface area contributed by atoms with Crippen LogP contribution in [0.4, 0.5) is 0 Å². The average molecular weight is 293 g/mol. The fourth-order valence-corrected chi connectivity index (χ4v) is 4.92. The zero-order valence-corrected chi connectivity index (χ0v) is 13.4. The number of unbranched alkanes of at least 4 members (excludes halogenated alkanes) is 6. The molecular formula is C14H26Cl2Si. The molecule has 0 aromatic carbocycles. The molecule has 0 aliphatic heterocycles.